The molecule has 0 N–H and O–H groups in total. The van der Waals surface area contributed by atoms with Gasteiger partial charge in [0, 0.05) is 0 Å². The van der Waals surface area contributed by atoms with Gasteiger partial charge in [-0.25, -0.2) is 4.39 Å². The minimum Gasteiger partial charge on any atom is -0.398 e. The average Bonchev–Trinajstić information content (AvgIpc) is 2.60. The molecule has 1 aliphatic rings. The summed E-state index contributed by atoms with van der Waals surface area (Å²) in [5.74, 6) is 0. The van der Waals surface area contributed by atoms with Crippen molar-refractivity contribution in [3.8, 4) is 0 Å². The molecule has 1 fully saturated rings. The Morgan fingerprint density at radius 3 is 2.00 bits per heavy atom. The van der Waals surface area contributed by atoms with E-state index in [1.54, 1.807) is 0 Å². The first-order valence-electron chi connectivity index (χ1n) is 7.08. The molecule has 4 heteroatoms. The highest BCUT2D eigenvalue weighted by molar-refractivity contribution is 6.55. The van der Waals surface area contributed by atoms with Crippen molar-refractivity contribution in [1.82, 2.24) is 0 Å². The maximum Gasteiger partial charge on any atom is 0.525 e. The van der Waals surface area contributed by atoms with E-state index in [9.17, 15) is 4.39 Å². The van der Waals surface area contributed by atoms with Gasteiger partial charge < -0.3 is 9.31 Å². The zero-order valence-electron chi connectivity index (χ0n) is 12.9. The van der Waals surface area contributed by atoms with E-state index in [0.29, 0.717) is 12.0 Å². The molecule has 108 valence electrons. The summed E-state index contributed by atoms with van der Waals surface area (Å²) in [6, 6.07) is 9.54. The molecular formula is C16H22BFO2. The Morgan fingerprint density at radius 1 is 1.05 bits per heavy atom. The summed E-state index contributed by atoms with van der Waals surface area (Å²) in [4.78, 5) is 0. The van der Waals surface area contributed by atoms with Crippen LogP contribution in [0.2, 0.25) is 0 Å². The van der Waals surface area contributed by atoms with Crippen molar-refractivity contribution in [1.29, 1.82) is 0 Å². The summed E-state index contributed by atoms with van der Waals surface area (Å²) >= 11 is 0. The van der Waals surface area contributed by atoms with Crippen LogP contribution in [0, 0.1) is 0 Å². The molecule has 0 saturated carbocycles. The molecule has 1 heterocycles. The van der Waals surface area contributed by atoms with Crippen LogP contribution in [0.25, 0.3) is 5.57 Å². The fourth-order valence-electron chi connectivity index (χ4n) is 2.24. The molecular weight excluding hydrogens is 254 g/mol. The van der Waals surface area contributed by atoms with Gasteiger partial charge in [0.15, 0.2) is 0 Å². The summed E-state index contributed by atoms with van der Waals surface area (Å²) in [6.45, 7) is 9.64. The van der Waals surface area contributed by atoms with E-state index in [2.05, 4.69) is 0 Å². The largest absolute Gasteiger partial charge is 0.525 e. The van der Waals surface area contributed by atoms with Crippen LogP contribution in [0.3, 0.4) is 0 Å². The van der Waals surface area contributed by atoms with Gasteiger partial charge in [0.25, 0.3) is 0 Å². The number of rotatable bonds is 3. The van der Waals surface area contributed by atoms with Crippen molar-refractivity contribution in [3.05, 3.63) is 41.6 Å². The molecule has 1 saturated heterocycles. The van der Waals surface area contributed by atoms with Crippen LogP contribution in [-0.2, 0) is 9.31 Å². The molecule has 0 spiro atoms. The summed E-state index contributed by atoms with van der Waals surface area (Å²) in [7, 11) is -0.921. The topological polar surface area (TPSA) is 18.5 Å². The van der Waals surface area contributed by atoms with E-state index in [1.807, 2.05) is 65.0 Å². The van der Waals surface area contributed by atoms with Crippen LogP contribution < -0.4 is 0 Å². The van der Waals surface area contributed by atoms with Crippen molar-refractivity contribution in [3.63, 3.8) is 0 Å². The van der Waals surface area contributed by atoms with Crippen LogP contribution in [0.15, 0.2) is 36.1 Å². The van der Waals surface area contributed by atoms with E-state index in [0.717, 1.165) is 5.56 Å². The van der Waals surface area contributed by atoms with Crippen molar-refractivity contribution < 1.29 is 13.7 Å². The second-order valence-corrected chi connectivity index (χ2v) is 6.13. The fraction of sp³-hybridized carbons (Fsp3) is 0.500. The van der Waals surface area contributed by atoms with Gasteiger partial charge in [0.1, 0.15) is 5.73 Å². The number of allylic oxidation sites excluding steroid dienone is 1. The van der Waals surface area contributed by atoms with Gasteiger partial charge in [-0.05, 0) is 45.3 Å². The quantitative estimate of drug-likeness (QED) is 0.761. The summed E-state index contributed by atoms with van der Waals surface area (Å²) < 4.78 is 26.3. The Kier molecular flexibility index (Phi) is 4.08. The lowest BCUT2D eigenvalue weighted by molar-refractivity contribution is 0.00578. The van der Waals surface area contributed by atoms with E-state index in [-0.39, 0.29) is 5.73 Å². The maximum absolute atomic E-state index is 14.8. The van der Waals surface area contributed by atoms with Crippen LogP contribution in [0.4, 0.5) is 4.39 Å². The van der Waals surface area contributed by atoms with Gasteiger partial charge in [-0.3, -0.25) is 0 Å². The summed E-state index contributed by atoms with van der Waals surface area (Å²) in [5.41, 5.74) is 0.151. The molecule has 0 amide bonds. The Bertz CT molecular complexity index is 492. The lowest BCUT2D eigenvalue weighted by Crippen LogP contribution is -2.41. The van der Waals surface area contributed by atoms with E-state index in [4.69, 9.17) is 9.31 Å². The first kappa shape index (κ1) is 15.3. The highest BCUT2D eigenvalue weighted by atomic mass is 19.1. The van der Waals surface area contributed by atoms with Crippen molar-refractivity contribution in [2.24, 2.45) is 0 Å². The minimum atomic E-state index is -0.921. The van der Waals surface area contributed by atoms with Gasteiger partial charge in [0.2, 0.25) is 0 Å². The van der Waals surface area contributed by atoms with Crippen molar-refractivity contribution >= 4 is 12.7 Å². The molecule has 0 atom stereocenters. The van der Waals surface area contributed by atoms with Crippen molar-refractivity contribution in [2.75, 3.05) is 0 Å². The standard InChI is InChI=1S/C16H22BFO2/c1-6-13(12-10-8-7-9-11-12)14(18)17-19-15(2,3)16(4,5)20-17/h7-11H,6H2,1-5H3. The highest BCUT2D eigenvalue weighted by Crippen LogP contribution is 2.40. The molecule has 0 radical (unpaired) electrons. The Morgan fingerprint density at radius 2 is 1.55 bits per heavy atom. The molecule has 2 rings (SSSR count). The first-order chi connectivity index (χ1) is 9.28. The van der Waals surface area contributed by atoms with E-state index >= 15 is 0 Å². The average molecular weight is 276 g/mol. The van der Waals surface area contributed by atoms with Crippen LogP contribution in [-0.4, -0.2) is 18.3 Å². The second-order valence-electron chi connectivity index (χ2n) is 6.13. The molecule has 1 aromatic carbocycles. The smallest absolute Gasteiger partial charge is 0.398 e. The normalized spacial score (nSPS) is 21.8. The molecule has 0 aliphatic carbocycles. The number of hydrogen-bond donors (Lipinski definition) is 0. The van der Waals surface area contributed by atoms with Gasteiger partial charge in [-0.1, -0.05) is 37.3 Å². The molecule has 20 heavy (non-hydrogen) atoms. The molecule has 0 bridgehead atoms. The van der Waals surface area contributed by atoms with E-state index in [1.165, 1.54) is 0 Å². The first-order valence-corrected chi connectivity index (χ1v) is 7.08. The van der Waals surface area contributed by atoms with Gasteiger partial charge in [-0.15, -0.1) is 0 Å². The Hall–Kier alpha value is -1.13. The second kappa shape index (κ2) is 5.34. The third kappa shape index (κ3) is 2.67. The molecule has 1 aliphatic heterocycles. The summed E-state index contributed by atoms with van der Waals surface area (Å²) in [6.07, 6.45) is 0.597. The van der Waals surface area contributed by atoms with Gasteiger partial charge >= 0.3 is 7.12 Å². The minimum absolute atomic E-state index is 0.322. The van der Waals surface area contributed by atoms with Crippen LogP contribution in [0.1, 0.15) is 46.6 Å². The molecule has 0 aromatic heterocycles. The van der Waals surface area contributed by atoms with Gasteiger partial charge in [-0.2, -0.15) is 0 Å². The van der Waals surface area contributed by atoms with Crippen LogP contribution in [0.5, 0.6) is 0 Å². The van der Waals surface area contributed by atoms with Gasteiger partial charge in [0.05, 0.1) is 11.2 Å². The molecule has 0 unspecified atom stereocenters. The third-order valence-electron chi connectivity index (χ3n) is 4.22. The Balaban J connectivity index is 2.35. The number of benzene rings is 1. The van der Waals surface area contributed by atoms with Crippen molar-refractivity contribution in [2.45, 2.75) is 52.2 Å². The lowest BCUT2D eigenvalue weighted by atomic mass is 9.82. The predicted molar refractivity (Wildman–Crippen MR) is 80.8 cm³/mol. The monoisotopic (exact) mass is 276 g/mol. The van der Waals surface area contributed by atoms with Crippen LogP contribution >= 0.6 is 0 Å². The predicted octanol–water partition coefficient (Wildman–Crippen LogP) is 4.41. The zero-order chi connectivity index (χ0) is 15.0. The number of halogens is 1. The summed E-state index contributed by atoms with van der Waals surface area (Å²) in [5, 5.41) is 0. The lowest BCUT2D eigenvalue weighted by Gasteiger charge is -2.32. The highest BCUT2D eigenvalue weighted by Gasteiger charge is 2.53. The number of hydrogen-bond acceptors (Lipinski definition) is 2. The third-order valence-corrected chi connectivity index (χ3v) is 4.22. The zero-order valence-corrected chi connectivity index (χ0v) is 12.9. The fourth-order valence-corrected chi connectivity index (χ4v) is 2.24. The molecule has 1 aromatic rings. The molecule has 2 nitrogen and oxygen atoms in total. The SMILES string of the molecule is CCC(=C(F)B1OC(C)(C)C(C)(C)O1)c1ccccc1. The Labute approximate surface area is 121 Å². The maximum atomic E-state index is 14.8. The van der Waals surface area contributed by atoms with E-state index < -0.39 is 18.3 Å².